The van der Waals surface area contributed by atoms with Gasteiger partial charge in [0.25, 0.3) is 5.91 Å². The third kappa shape index (κ3) is 3.15. The zero-order chi connectivity index (χ0) is 19.0. The van der Waals surface area contributed by atoms with E-state index in [1.807, 2.05) is 26.0 Å². The van der Waals surface area contributed by atoms with Crippen LogP contribution in [0.4, 0.5) is 10.2 Å². The number of halogens is 1. The molecule has 0 saturated heterocycles. The molecule has 0 aliphatic heterocycles. The van der Waals surface area contributed by atoms with Gasteiger partial charge in [0.2, 0.25) is 0 Å². The van der Waals surface area contributed by atoms with E-state index in [9.17, 15) is 9.18 Å². The molecule has 1 N–H and O–H groups in total. The van der Waals surface area contributed by atoms with Crippen molar-refractivity contribution in [1.29, 1.82) is 0 Å². The number of carbonyl (C=O) groups excluding carboxylic acids is 1. The molecule has 2 aromatic heterocycles. The maximum Gasteiger partial charge on any atom is 0.259 e. The van der Waals surface area contributed by atoms with Crippen LogP contribution in [0.1, 0.15) is 21.6 Å². The summed E-state index contributed by atoms with van der Waals surface area (Å²) in [6.07, 6.45) is 2.98. The van der Waals surface area contributed by atoms with Crippen molar-refractivity contribution in [3.8, 4) is 11.3 Å². The van der Waals surface area contributed by atoms with E-state index in [2.05, 4.69) is 20.4 Å². The van der Waals surface area contributed by atoms with Crippen LogP contribution >= 0.6 is 0 Å². The second kappa shape index (κ2) is 6.60. The summed E-state index contributed by atoms with van der Waals surface area (Å²) in [7, 11) is 0. The van der Waals surface area contributed by atoms with Gasteiger partial charge < -0.3 is 9.84 Å². The van der Waals surface area contributed by atoms with E-state index < -0.39 is 11.7 Å². The minimum Gasteiger partial charge on any atom is -0.356 e. The molecule has 0 spiro atoms. The maximum atomic E-state index is 13.7. The lowest BCUT2D eigenvalue weighted by Crippen LogP contribution is -2.14. The van der Waals surface area contributed by atoms with E-state index in [1.165, 1.54) is 24.4 Å². The van der Waals surface area contributed by atoms with Gasteiger partial charge in [0, 0.05) is 10.9 Å². The standard InChI is InChI=1S/C20H15FN4O2/c1-11-7-15-12(2)25-27-18(15)8-14(11)17-9-23-19(10-22-17)24-20(26)13-5-3-4-6-16(13)21/h3-10H,1-2H3,(H,23,24,26). The molecular formula is C20H15FN4O2. The molecule has 0 saturated carbocycles. The average molecular weight is 362 g/mol. The Kier molecular flexibility index (Phi) is 4.12. The number of nitrogens with one attached hydrogen (secondary N) is 1. The van der Waals surface area contributed by atoms with Crippen molar-refractivity contribution in [2.45, 2.75) is 13.8 Å². The number of hydrogen-bond acceptors (Lipinski definition) is 5. The molecule has 2 heterocycles. The van der Waals surface area contributed by atoms with E-state index in [0.717, 1.165) is 22.2 Å². The van der Waals surface area contributed by atoms with Gasteiger partial charge in [0.05, 0.1) is 29.3 Å². The molecular weight excluding hydrogens is 347 g/mol. The zero-order valence-electron chi connectivity index (χ0n) is 14.7. The first kappa shape index (κ1) is 16.8. The van der Waals surface area contributed by atoms with Crippen LogP contribution in [-0.2, 0) is 0 Å². The molecule has 0 aliphatic carbocycles. The fraction of sp³-hybridized carbons (Fsp3) is 0.100. The molecule has 4 rings (SSSR count). The molecule has 2 aromatic carbocycles. The molecule has 0 unspecified atom stereocenters. The number of aromatic nitrogens is 3. The summed E-state index contributed by atoms with van der Waals surface area (Å²) < 4.78 is 19.0. The highest BCUT2D eigenvalue weighted by molar-refractivity contribution is 6.03. The summed E-state index contributed by atoms with van der Waals surface area (Å²) in [4.78, 5) is 20.7. The fourth-order valence-electron chi connectivity index (χ4n) is 2.85. The highest BCUT2D eigenvalue weighted by Gasteiger charge is 2.13. The Labute approximate surface area is 154 Å². The summed E-state index contributed by atoms with van der Waals surface area (Å²) >= 11 is 0. The first-order valence-electron chi connectivity index (χ1n) is 8.28. The number of benzene rings is 2. The zero-order valence-corrected chi connectivity index (χ0v) is 14.7. The normalized spacial score (nSPS) is 10.9. The van der Waals surface area contributed by atoms with Crippen molar-refractivity contribution in [3.63, 3.8) is 0 Å². The van der Waals surface area contributed by atoms with E-state index in [-0.39, 0.29) is 11.4 Å². The molecule has 4 aromatic rings. The third-order valence-corrected chi connectivity index (χ3v) is 4.29. The largest absolute Gasteiger partial charge is 0.356 e. The van der Waals surface area contributed by atoms with Gasteiger partial charge in [-0.15, -0.1) is 0 Å². The smallest absolute Gasteiger partial charge is 0.259 e. The Hall–Kier alpha value is -3.61. The second-order valence-corrected chi connectivity index (χ2v) is 6.15. The quantitative estimate of drug-likeness (QED) is 0.588. The van der Waals surface area contributed by atoms with Gasteiger partial charge in [-0.25, -0.2) is 9.37 Å². The van der Waals surface area contributed by atoms with Gasteiger partial charge in [-0.1, -0.05) is 17.3 Å². The first-order chi connectivity index (χ1) is 13.0. The number of rotatable bonds is 3. The van der Waals surface area contributed by atoms with Crippen molar-refractivity contribution in [3.05, 3.63) is 71.4 Å². The van der Waals surface area contributed by atoms with Gasteiger partial charge in [-0.3, -0.25) is 9.78 Å². The monoisotopic (exact) mass is 362 g/mol. The SMILES string of the molecule is Cc1cc2c(C)noc2cc1-c1cnc(NC(=O)c2ccccc2F)cn1. The van der Waals surface area contributed by atoms with Crippen LogP contribution in [0.5, 0.6) is 0 Å². The number of amides is 1. The van der Waals surface area contributed by atoms with Crippen LogP contribution in [0.25, 0.3) is 22.2 Å². The van der Waals surface area contributed by atoms with Crippen LogP contribution < -0.4 is 5.32 Å². The summed E-state index contributed by atoms with van der Waals surface area (Å²) in [6, 6.07) is 9.61. The van der Waals surface area contributed by atoms with Crippen LogP contribution in [0.2, 0.25) is 0 Å². The fourth-order valence-corrected chi connectivity index (χ4v) is 2.85. The highest BCUT2D eigenvalue weighted by Crippen LogP contribution is 2.28. The summed E-state index contributed by atoms with van der Waals surface area (Å²) in [5.41, 5.74) is 3.95. The topological polar surface area (TPSA) is 80.9 Å². The third-order valence-electron chi connectivity index (χ3n) is 4.29. The predicted molar refractivity (Wildman–Crippen MR) is 98.9 cm³/mol. The molecule has 6 nitrogen and oxygen atoms in total. The number of nitrogens with zero attached hydrogens (tertiary/aromatic N) is 3. The maximum absolute atomic E-state index is 13.7. The van der Waals surface area contributed by atoms with E-state index in [1.54, 1.807) is 12.3 Å². The highest BCUT2D eigenvalue weighted by atomic mass is 19.1. The molecule has 134 valence electrons. The van der Waals surface area contributed by atoms with Crippen LogP contribution in [0, 0.1) is 19.7 Å². The number of anilines is 1. The summed E-state index contributed by atoms with van der Waals surface area (Å²) in [5, 5.41) is 7.47. The number of fused-ring (bicyclic) bond motifs is 1. The van der Waals surface area contributed by atoms with Gasteiger partial charge in [0.15, 0.2) is 11.4 Å². The van der Waals surface area contributed by atoms with Gasteiger partial charge >= 0.3 is 0 Å². The molecule has 7 heteroatoms. The Bertz CT molecular complexity index is 1150. The Morgan fingerprint density at radius 2 is 1.93 bits per heavy atom. The Morgan fingerprint density at radius 1 is 1.11 bits per heavy atom. The summed E-state index contributed by atoms with van der Waals surface area (Å²) in [5.74, 6) is -0.933. The van der Waals surface area contributed by atoms with Crippen molar-refractivity contribution in [2.75, 3.05) is 5.32 Å². The van der Waals surface area contributed by atoms with Crippen molar-refractivity contribution in [2.24, 2.45) is 0 Å². The molecule has 0 fully saturated rings. The minimum atomic E-state index is -0.592. The predicted octanol–water partition coefficient (Wildman–Crippen LogP) is 4.29. The first-order valence-corrected chi connectivity index (χ1v) is 8.28. The van der Waals surface area contributed by atoms with Crippen LogP contribution in [-0.4, -0.2) is 21.0 Å². The minimum absolute atomic E-state index is 0.0506. The molecule has 0 atom stereocenters. The van der Waals surface area contributed by atoms with Crippen LogP contribution in [0.15, 0.2) is 53.3 Å². The van der Waals surface area contributed by atoms with Crippen molar-refractivity contribution < 1.29 is 13.7 Å². The number of hydrogen-bond donors (Lipinski definition) is 1. The molecule has 0 bridgehead atoms. The van der Waals surface area contributed by atoms with Crippen molar-refractivity contribution >= 4 is 22.7 Å². The second-order valence-electron chi connectivity index (χ2n) is 6.15. The lowest BCUT2D eigenvalue weighted by Gasteiger charge is -2.08. The molecule has 27 heavy (non-hydrogen) atoms. The molecule has 1 amide bonds. The molecule has 0 aliphatic rings. The van der Waals surface area contributed by atoms with E-state index in [4.69, 9.17) is 4.52 Å². The Morgan fingerprint density at radius 3 is 2.67 bits per heavy atom. The lowest BCUT2D eigenvalue weighted by molar-refractivity contribution is 0.102. The number of aryl methyl sites for hydroxylation is 2. The summed E-state index contributed by atoms with van der Waals surface area (Å²) in [6.45, 7) is 3.86. The molecule has 0 radical (unpaired) electrons. The van der Waals surface area contributed by atoms with Crippen molar-refractivity contribution in [1.82, 2.24) is 15.1 Å². The van der Waals surface area contributed by atoms with E-state index in [0.29, 0.717) is 11.3 Å². The Balaban J connectivity index is 1.60. The lowest BCUT2D eigenvalue weighted by atomic mass is 10.0. The number of carbonyl (C=O) groups is 1. The van der Waals surface area contributed by atoms with Crippen LogP contribution in [0.3, 0.4) is 0 Å². The van der Waals surface area contributed by atoms with E-state index >= 15 is 0 Å². The van der Waals surface area contributed by atoms with Gasteiger partial charge in [-0.2, -0.15) is 0 Å². The average Bonchev–Trinajstić information content (AvgIpc) is 3.02. The van der Waals surface area contributed by atoms with Gasteiger partial charge in [0.1, 0.15) is 5.82 Å². The van der Waals surface area contributed by atoms with Gasteiger partial charge in [-0.05, 0) is 43.7 Å².